The maximum atomic E-state index is 12.6. The maximum absolute atomic E-state index is 12.6. The van der Waals surface area contributed by atoms with Gasteiger partial charge in [0.1, 0.15) is 0 Å². The van der Waals surface area contributed by atoms with Crippen molar-refractivity contribution in [1.29, 1.82) is 0 Å². The minimum atomic E-state index is -0.666. The fourth-order valence-corrected chi connectivity index (χ4v) is 5.23. The molecule has 2 saturated heterocycles. The third kappa shape index (κ3) is 4.16. The lowest BCUT2D eigenvalue weighted by Gasteiger charge is -2.43. The van der Waals surface area contributed by atoms with E-state index < -0.39 is 6.10 Å². The molecule has 0 saturated carbocycles. The third-order valence-electron chi connectivity index (χ3n) is 7.00. The summed E-state index contributed by atoms with van der Waals surface area (Å²) in [7, 11) is 0. The van der Waals surface area contributed by atoms with Gasteiger partial charge in [-0.15, -0.1) is 0 Å². The molecule has 1 atom stereocenters. The molecule has 1 amide bonds. The van der Waals surface area contributed by atoms with Crippen LogP contribution >= 0.6 is 11.6 Å². The van der Waals surface area contributed by atoms with Gasteiger partial charge >= 0.3 is 0 Å². The number of aliphatic hydroxyl groups is 1. The van der Waals surface area contributed by atoms with Crippen LogP contribution in [0.1, 0.15) is 51.2 Å². The number of aromatic amines is 1. The van der Waals surface area contributed by atoms with Gasteiger partial charge < -0.3 is 10.0 Å². The predicted octanol–water partition coefficient (Wildman–Crippen LogP) is 3.61. The Hall–Kier alpha value is -1.63. The highest BCUT2D eigenvalue weighted by molar-refractivity contribution is 6.31. The van der Waals surface area contributed by atoms with E-state index in [4.69, 9.17) is 11.6 Å². The lowest BCUT2D eigenvalue weighted by molar-refractivity contribution is -0.134. The van der Waals surface area contributed by atoms with E-state index in [1.165, 1.54) is 12.8 Å². The smallest absolute Gasteiger partial charge is 0.236 e. The summed E-state index contributed by atoms with van der Waals surface area (Å²) in [5, 5.41) is 19.9. The number of hydrogen-bond donors (Lipinski definition) is 2. The Bertz CT molecular complexity index is 867. The minimum absolute atomic E-state index is 0.248. The van der Waals surface area contributed by atoms with Crippen LogP contribution in [0.5, 0.6) is 0 Å². The first-order chi connectivity index (χ1) is 13.9. The van der Waals surface area contributed by atoms with Gasteiger partial charge in [0.2, 0.25) is 5.91 Å². The standard InChI is InChI=1S/C22H31ClN4O2/c1-22(2,21(29)18-12-17(23)11-15-13-24-25-20(15)18)16-5-9-27(10-6-16)19(28)14-26-7-3-4-8-26/h11-13,16,21,29H,3-10,14H2,1-2H3,(H,24,25)/t21-/m1/s1. The van der Waals surface area contributed by atoms with E-state index in [2.05, 4.69) is 28.9 Å². The number of nitrogens with one attached hydrogen (secondary N) is 1. The summed E-state index contributed by atoms with van der Waals surface area (Å²) in [6.45, 7) is 8.41. The van der Waals surface area contributed by atoms with Crippen molar-refractivity contribution in [3.8, 4) is 0 Å². The van der Waals surface area contributed by atoms with Crippen LogP contribution in [0.4, 0.5) is 0 Å². The lowest BCUT2D eigenvalue weighted by Crippen LogP contribution is -2.46. The van der Waals surface area contributed by atoms with E-state index >= 15 is 0 Å². The van der Waals surface area contributed by atoms with E-state index in [9.17, 15) is 9.90 Å². The Balaban J connectivity index is 1.42. The monoisotopic (exact) mass is 418 g/mol. The van der Waals surface area contributed by atoms with Crippen molar-refractivity contribution in [2.45, 2.75) is 45.6 Å². The van der Waals surface area contributed by atoms with Gasteiger partial charge in [0.05, 0.1) is 24.4 Å². The molecule has 4 rings (SSSR count). The van der Waals surface area contributed by atoms with Gasteiger partial charge in [-0.05, 0) is 62.2 Å². The molecule has 2 N–H and O–H groups in total. The van der Waals surface area contributed by atoms with E-state index in [1.54, 1.807) is 6.20 Å². The molecule has 158 valence electrons. The molecule has 0 aliphatic carbocycles. The zero-order valence-corrected chi connectivity index (χ0v) is 18.1. The third-order valence-corrected chi connectivity index (χ3v) is 7.22. The van der Waals surface area contributed by atoms with Crippen LogP contribution in [0, 0.1) is 11.3 Å². The molecule has 1 aromatic heterocycles. The number of fused-ring (bicyclic) bond motifs is 1. The van der Waals surface area contributed by atoms with E-state index in [-0.39, 0.29) is 11.3 Å². The van der Waals surface area contributed by atoms with Gasteiger partial charge in [-0.3, -0.25) is 14.8 Å². The first kappa shape index (κ1) is 20.6. The number of likely N-dealkylation sites (tertiary alicyclic amines) is 2. The molecule has 0 unspecified atom stereocenters. The van der Waals surface area contributed by atoms with Crippen LogP contribution in [0.2, 0.25) is 5.02 Å². The molecule has 6 nitrogen and oxygen atoms in total. The quantitative estimate of drug-likeness (QED) is 0.777. The number of aliphatic hydroxyl groups excluding tert-OH is 1. The Morgan fingerprint density at radius 1 is 1.28 bits per heavy atom. The molecule has 7 heteroatoms. The van der Waals surface area contributed by atoms with Crippen molar-refractivity contribution < 1.29 is 9.90 Å². The van der Waals surface area contributed by atoms with Crippen molar-refractivity contribution in [3.63, 3.8) is 0 Å². The number of piperidine rings is 1. The maximum Gasteiger partial charge on any atom is 0.236 e. The zero-order chi connectivity index (χ0) is 20.6. The van der Waals surface area contributed by atoms with Crippen LogP contribution in [-0.2, 0) is 4.79 Å². The van der Waals surface area contributed by atoms with E-state index in [0.29, 0.717) is 17.5 Å². The highest BCUT2D eigenvalue weighted by Crippen LogP contribution is 2.46. The Kier molecular flexibility index (Phi) is 5.87. The van der Waals surface area contributed by atoms with E-state index in [0.717, 1.165) is 55.5 Å². The molecule has 0 bridgehead atoms. The first-order valence-electron chi connectivity index (χ1n) is 10.7. The largest absolute Gasteiger partial charge is 0.388 e. The van der Waals surface area contributed by atoms with Crippen molar-refractivity contribution in [1.82, 2.24) is 20.0 Å². The Morgan fingerprint density at radius 3 is 2.66 bits per heavy atom. The number of amides is 1. The van der Waals surface area contributed by atoms with Crippen LogP contribution in [0.3, 0.4) is 0 Å². The second kappa shape index (κ2) is 8.25. The van der Waals surface area contributed by atoms with Gasteiger partial charge in [0.25, 0.3) is 0 Å². The average Bonchev–Trinajstić information content (AvgIpc) is 3.38. The number of rotatable bonds is 5. The number of benzene rings is 1. The molecular weight excluding hydrogens is 388 g/mol. The van der Waals surface area contributed by atoms with Crippen LogP contribution in [0.15, 0.2) is 18.3 Å². The van der Waals surface area contributed by atoms with Crippen LogP contribution in [-0.4, -0.2) is 63.7 Å². The van der Waals surface area contributed by atoms with Crippen molar-refractivity contribution in [2.24, 2.45) is 11.3 Å². The molecule has 2 fully saturated rings. The highest BCUT2D eigenvalue weighted by atomic mass is 35.5. The summed E-state index contributed by atoms with van der Waals surface area (Å²) in [5.41, 5.74) is 1.29. The molecule has 2 aliphatic heterocycles. The van der Waals surface area contributed by atoms with E-state index in [1.807, 2.05) is 17.0 Å². The normalized spacial score (nSPS) is 20.5. The van der Waals surface area contributed by atoms with Gasteiger partial charge in [-0.25, -0.2) is 0 Å². The van der Waals surface area contributed by atoms with Gasteiger partial charge in [-0.2, -0.15) is 5.10 Å². The Labute approximate surface area is 177 Å². The summed E-state index contributed by atoms with van der Waals surface area (Å²) >= 11 is 6.28. The first-order valence-corrected chi connectivity index (χ1v) is 11.0. The van der Waals surface area contributed by atoms with Crippen molar-refractivity contribution >= 4 is 28.4 Å². The topological polar surface area (TPSA) is 72.5 Å². The summed E-state index contributed by atoms with van der Waals surface area (Å²) < 4.78 is 0. The molecule has 2 aromatic rings. The number of nitrogens with zero attached hydrogens (tertiary/aromatic N) is 3. The number of hydrogen-bond acceptors (Lipinski definition) is 4. The second-order valence-electron chi connectivity index (χ2n) is 9.19. The predicted molar refractivity (Wildman–Crippen MR) is 115 cm³/mol. The second-order valence-corrected chi connectivity index (χ2v) is 9.63. The summed E-state index contributed by atoms with van der Waals surface area (Å²) in [6.07, 6.45) is 5.28. The number of carbonyl (C=O) groups excluding carboxylic acids is 1. The minimum Gasteiger partial charge on any atom is -0.388 e. The molecule has 0 spiro atoms. The highest BCUT2D eigenvalue weighted by Gasteiger charge is 2.40. The van der Waals surface area contributed by atoms with Crippen LogP contribution < -0.4 is 0 Å². The number of aromatic nitrogens is 2. The number of H-pyrrole nitrogens is 1. The lowest BCUT2D eigenvalue weighted by atomic mass is 9.68. The average molecular weight is 419 g/mol. The van der Waals surface area contributed by atoms with Crippen molar-refractivity contribution in [3.05, 3.63) is 28.9 Å². The fourth-order valence-electron chi connectivity index (χ4n) is 4.99. The summed E-state index contributed by atoms with van der Waals surface area (Å²) in [5.74, 6) is 0.572. The summed E-state index contributed by atoms with van der Waals surface area (Å²) in [6, 6.07) is 3.69. The van der Waals surface area contributed by atoms with Crippen LogP contribution in [0.25, 0.3) is 10.9 Å². The molecular formula is C22H31ClN4O2. The zero-order valence-electron chi connectivity index (χ0n) is 17.3. The molecule has 3 heterocycles. The molecule has 0 radical (unpaired) electrons. The SMILES string of the molecule is CC(C)(C1CCN(C(=O)CN2CCCC2)CC1)[C@H](O)c1cc(Cl)cc2cn[nH]c12. The van der Waals surface area contributed by atoms with Gasteiger partial charge in [0, 0.05) is 29.1 Å². The molecule has 29 heavy (non-hydrogen) atoms. The molecule has 2 aliphatic rings. The number of halogens is 1. The summed E-state index contributed by atoms with van der Waals surface area (Å²) in [4.78, 5) is 16.9. The Morgan fingerprint density at radius 2 is 1.97 bits per heavy atom. The van der Waals surface area contributed by atoms with Gasteiger partial charge in [0.15, 0.2) is 0 Å². The van der Waals surface area contributed by atoms with Gasteiger partial charge in [-0.1, -0.05) is 25.4 Å². The number of carbonyl (C=O) groups is 1. The van der Waals surface area contributed by atoms with Crippen molar-refractivity contribution in [2.75, 3.05) is 32.7 Å². The fraction of sp³-hybridized carbons (Fsp3) is 0.636. The molecule has 1 aromatic carbocycles.